The van der Waals surface area contributed by atoms with Crippen LogP contribution < -0.4 is 10.1 Å². The quantitative estimate of drug-likeness (QED) is 0.872. The molecule has 1 fully saturated rings. The van der Waals surface area contributed by atoms with E-state index in [0.717, 1.165) is 36.9 Å². The van der Waals surface area contributed by atoms with Crippen molar-refractivity contribution < 1.29 is 14.6 Å². The van der Waals surface area contributed by atoms with Crippen LogP contribution in [0.25, 0.3) is 0 Å². The van der Waals surface area contributed by atoms with Crippen molar-refractivity contribution in [3.63, 3.8) is 0 Å². The van der Waals surface area contributed by atoms with E-state index in [0.29, 0.717) is 11.3 Å². The van der Waals surface area contributed by atoms with Crippen molar-refractivity contribution >= 4 is 11.6 Å². The highest BCUT2D eigenvalue weighted by Gasteiger charge is 2.51. The Labute approximate surface area is 119 Å². The molecule has 1 aromatic rings. The van der Waals surface area contributed by atoms with E-state index < -0.39 is 5.60 Å². The highest BCUT2D eigenvalue weighted by molar-refractivity contribution is 6.06. The summed E-state index contributed by atoms with van der Waals surface area (Å²) in [5.74, 6) is 0.409. The van der Waals surface area contributed by atoms with E-state index in [1.54, 1.807) is 13.2 Å². The summed E-state index contributed by atoms with van der Waals surface area (Å²) in [5.41, 5.74) is 0.976. The number of aliphatic hydroxyl groups is 1. The van der Waals surface area contributed by atoms with Gasteiger partial charge in [-0.15, -0.1) is 0 Å². The van der Waals surface area contributed by atoms with E-state index in [-0.39, 0.29) is 11.8 Å². The topological polar surface area (TPSA) is 58.6 Å². The second-order valence-corrected chi connectivity index (χ2v) is 5.92. The second kappa shape index (κ2) is 4.77. The van der Waals surface area contributed by atoms with E-state index in [1.807, 2.05) is 13.0 Å². The van der Waals surface area contributed by atoms with Crippen LogP contribution in [0.2, 0.25) is 0 Å². The zero-order valence-corrected chi connectivity index (χ0v) is 12.0. The Kier molecular flexibility index (Phi) is 3.21. The van der Waals surface area contributed by atoms with Gasteiger partial charge in [0.15, 0.2) is 5.60 Å². The van der Waals surface area contributed by atoms with E-state index in [2.05, 4.69) is 5.32 Å². The summed E-state index contributed by atoms with van der Waals surface area (Å²) in [5, 5.41) is 14.0. The maximum Gasteiger partial charge on any atom is 0.261 e. The average Bonchev–Trinajstić information content (AvgIpc) is 2.74. The van der Waals surface area contributed by atoms with Crippen molar-refractivity contribution in [1.29, 1.82) is 0 Å². The monoisotopic (exact) mass is 275 g/mol. The number of ether oxygens (including phenoxy) is 1. The zero-order chi connectivity index (χ0) is 14.3. The van der Waals surface area contributed by atoms with Gasteiger partial charge in [0.2, 0.25) is 0 Å². The van der Waals surface area contributed by atoms with Gasteiger partial charge in [0.05, 0.1) is 12.8 Å². The fourth-order valence-electron chi connectivity index (χ4n) is 3.60. The van der Waals surface area contributed by atoms with Crippen LogP contribution in [0.3, 0.4) is 0 Å². The summed E-state index contributed by atoms with van der Waals surface area (Å²) >= 11 is 0. The lowest BCUT2D eigenvalue weighted by molar-refractivity contribution is -0.141. The number of benzene rings is 1. The molecule has 0 spiro atoms. The SMILES string of the molecule is COc1cc(C)c2c(c1)C(O)(C1CCCCC1)C(=O)N2. The molecule has 2 aliphatic rings. The maximum atomic E-state index is 12.4. The van der Waals surface area contributed by atoms with Crippen LogP contribution in [-0.2, 0) is 10.4 Å². The Morgan fingerprint density at radius 3 is 2.65 bits per heavy atom. The molecule has 1 aliphatic carbocycles. The number of fused-ring (bicyclic) bond motifs is 1. The minimum absolute atomic E-state index is 0.00371. The fourth-order valence-corrected chi connectivity index (χ4v) is 3.60. The Balaban J connectivity index is 2.10. The van der Waals surface area contributed by atoms with Crippen LogP contribution in [0.4, 0.5) is 5.69 Å². The summed E-state index contributed by atoms with van der Waals surface area (Å²) in [6, 6.07) is 3.68. The first-order valence-electron chi connectivity index (χ1n) is 7.30. The molecule has 0 radical (unpaired) electrons. The zero-order valence-electron chi connectivity index (χ0n) is 12.0. The number of hydrogen-bond acceptors (Lipinski definition) is 3. The van der Waals surface area contributed by atoms with Crippen molar-refractivity contribution in [2.45, 2.75) is 44.6 Å². The number of carbonyl (C=O) groups is 1. The number of amides is 1. The predicted molar refractivity (Wildman–Crippen MR) is 76.8 cm³/mol. The molecule has 1 saturated carbocycles. The minimum Gasteiger partial charge on any atom is -0.497 e. The summed E-state index contributed by atoms with van der Waals surface area (Å²) in [6.07, 6.45) is 5.16. The van der Waals surface area contributed by atoms with Gasteiger partial charge in [-0.25, -0.2) is 0 Å². The number of nitrogens with one attached hydrogen (secondary N) is 1. The van der Waals surface area contributed by atoms with Gasteiger partial charge in [-0.3, -0.25) is 4.79 Å². The Bertz CT molecular complexity index is 549. The van der Waals surface area contributed by atoms with Gasteiger partial charge >= 0.3 is 0 Å². The third-order valence-electron chi connectivity index (χ3n) is 4.74. The number of aryl methyl sites for hydroxylation is 1. The third kappa shape index (κ3) is 1.82. The predicted octanol–water partition coefficient (Wildman–Crippen LogP) is 2.72. The molecule has 0 saturated heterocycles. The first kappa shape index (κ1) is 13.4. The molecule has 1 heterocycles. The molecular formula is C16H21NO3. The van der Waals surface area contributed by atoms with E-state index in [1.165, 1.54) is 6.42 Å². The number of methoxy groups -OCH3 is 1. The molecule has 1 atom stereocenters. The van der Waals surface area contributed by atoms with Crippen molar-refractivity contribution in [2.75, 3.05) is 12.4 Å². The van der Waals surface area contributed by atoms with E-state index in [9.17, 15) is 9.90 Å². The molecule has 4 heteroatoms. The largest absolute Gasteiger partial charge is 0.497 e. The number of hydrogen-bond donors (Lipinski definition) is 2. The van der Waals surface area contributed by atoms with Crippen LogP contribution in [0.1, 0.15) is 43.2 Å². The molecule has 1 aromatic carbocycles. The molecule has 1 aliphatic heterocycles. The minimum atomic E-state index is -1.39. The number of rotatable bonds is 2. The molecule has 0 aromatic heterocycles. The van der Waals surface area contributed by atoms with Gasteiger partial charge in [0.1, 0.15) is 5.75 Å². The molecule has 20 heavy (non-hydrogen) atoms. The van der Waals surface area contributed by atoms with Gasteiger partial charge in [-0.1, -0.05) is 19.3 Å². The van der Waals surface area contributed by atoms with Gasteiger partial charge in [-0.05, 0) is 37.5 Å². The lowest BCUT2D eigenvalue weighted by atomic mass is 9.74. The highest BCUT2D eigenvalue weighted by atomic mass is 16.5. The van der Waals surface area contributed by atoms with E-state index in [4.69, 9.17) is 4.74 Å². The fraction of sp³-hybridized carbons (Fsp3) is 0.562. The van der Waals surface area contributed by atoms with Crippen molar-refractivity contribution in [2.24, 2.45) is 5.92 Å². The lowest BCUT2D eigenvalue weighted by Gasteiger charge is -2.33. The number of anilines is 1. The van der Waals surface area contributed by atoms with Crippen LogP contribution in [0.5, 0.6) is 5.75 Å². The second-order valence-electron chi connectivity index (χ2n) is 5.92. The Morgan fingerprint density at radius 1 is 1.30 bits per heavy atom. The van der Waals surface area contributed by atoms with Gasteiger partial charge in [0.25, 0.3) is 5.91 Å². The smallest absolute Gasteiger partial charge is 0.261 e. The van der Waals surface area contributed by atoms with Crippen LogP contribution in [0.15, 0.2) is 12.1 Å². The Hall–Kier alpha value is -1.55. The van der Waals surface area contributed by atoms with Gasteiger partial charge < -0.3 is 15.2 Å². The average molecular weight is 275 g/mol. The third-order valence-corrected chi connectivity index (χ3v) is 4.74. The summed E-state index contributed by atoms with van der Waals surface area (Å²) in [6.45, 7) is 1.92. The van der Waals surface area contributed by atoms with Crippen LogP contribution in [-0.4, -0.2) is 18.1 Å². The maximum absolute atomic E-state index is 12.4. The lowest BCUT2D eigenvalue weighted by Crippen LogP contribution is -2.42. The molecule has 4 nitrogen and oxygen atoms in total. The van der Waals surface area contributed by atoms with E-state index >= 15 is 0 Å². The number of carbonyl (C=O) groups excluding carboxylic acids is 1. The molecule has 108 valence electrons. The Morgan fingerprint density at radius 2 is 2.00 bits per heavy atom. The summed E-state index contributed by atoms with van der Waals surface area (Å²) in [4.78, 5) is 12.4. The van der Waals surface area contributed by atoms with Crippen LogP contribution >= 0.6 is 0 Å². The molecule has 0 bridgehead atoms. The van der Waals surface area contributed by atoms with Crippen molar-refractivity contribution in [3.05, 3.63) is 23.3 Å². The van der Waals surface area contributed by atoms with Gasteiger partial charge in [0, 0.05) is 11.5 Å². The molecular weight excluding hydrogens is 254 g/mol. The molecule has 2 N–H and O–H groups in total. The molecule has 3 rings (SSSR count). The molecule has 1 unspecified atom stereocenters. The highest BCUT2D eigenvalue weighted by Crippen LogP contribution is 2.48. The first-order chi connectivity index (χ1) is 9.57. The van der Waals surface area contributed by atoms with Crippen molar-refractivity contribution in [3.8, 4) is 5.75 Å². The standard InChI is InChI=1S/C16H21NO3/c1-10-8-12(20-2)9-13-14(10)17-15(18)16(13,19)11-6-4-3-5-7-11/h8-9,11,19H,3-7H2,1-2H3,(H,17,18). The van der Waals surface area contributed by atoms with Gasteiger partial charge in [-0.2, -0.15) is 0 Å². The summed E-state index contributed by atoms with van der Waals surface area (Å²) in [7, 11) is 1.60. The first-order valence-corrected chi connectivity index (χ1v) is 7.30. The van der Waals surface area contributed by atoms with Crippen molar-refractivity contribution in [1.82, 2.24) is 0 Å². The normalized spacial score (nSPS) is 26.2. The molecule has 1 amide bonds. The summed E-state index contributed by atoms with van der Waals surface area (Å²) < 4.78 is 5.29. The van der Waals surface area contributed by atoms with Crippen LogP contribution in [0, 0.1) is 12.8 Å².